The van der Waals surface area contributed by atoms with Gasteiger partial charge in [-0.15, -0.1) is 0 Å². The first kappa shape index (κ1) is 15.9. The van der Waals surface area contributed by atoms with Crippen molar-refractivity contribution in [3.8, 4) is 0 Å². The average molecular weight is 265 g/mol. The maximum Gasteiger partial charge on any atom is 0.160 e. The second-order valence-corrected chi connectivity index (χ2v) is 5.80. The van der Waals surface area contributed by atoms with E-state index in [9.17, 15) is 0 Å². The van der Waals surface area contributed by atoms with Gasteiger partial charge in [-0.2, -0.15) is 0 Å². The molecule has 0 aliphatic heterocycles. The van der Waals surface area contributed by atoms with Gasteiger partial charge in [-0.1, -0.05) is 27.7 Å². The quantitative estimate of drug-likeness (QED) is 0.885. The lowest BCUT2D eigenvalue weighted by atomic mass is 9.88. The number of nitrogens with zero attached hydrogens (tertiary/aromatic N) is 2. The van der Waals surface area contributed by atoms with Crippen LogP contribution >= 0.6 is 0 Å². The Kier molecular flexibility index (Phi) is 5.29. The van der Waals surface area contributed by atoms with Crippen LogP contribution in [0, 0.1) is 12.3 Å². The Labute approximate surface area is 117 Å². The highest BCUT2D eigenvalue weighted by molar-refractivity contribution is 5.46. The molecule has 1 unspecified atom stereocenters. The van der Waals surface area contributed by atoms with E-state index < -0.39 is 0 Å². The topological polar surface area (TPSA) is 47.0 Å². The van der Waals surface area contributed by atoms with E-state index in [0.29, 0.717) is 6.61 Å². The maximum absolute atomic E-state index is 5.87. The van der Waals surface area contributed by atoms with Crippen LogP contribution in [-0.2, 0) is 11.2 Å². The molecule has 4 nitrogen and oxygen atoms in total. The van der Waals surface area contributed by atoms with Gasteiger partial charge >= 0.3 is 0 Å². The minimum Gasteiger partial charge on any atom is -0.373 e. The minimum absolute atomic E-state index is 0.0266. The Balaban J connectivity index is 3.29. The highest BCUT2D eigenvalue weighted by Gasteiger charge is 2.30. The molecule has 108 valence electrons. The van der Waals surface area contributed by atoms with Crippen LogP contribution in [0.3, 0.4) is 0 Å². The van der Waals surface area contributed by atoms with Crippen molar-refractivity contribution in [1.82, 2.24) is 9.97 Å². The predicted molar refractivity (Wildman–Crippen MR) is 79.5 cm³/mol. The predicted octanol–water partition coefficient (Wildman–Crippen LogP) is 3.51. The highest BCUT2D eigenvalue weighted by atomic mass is 16.5. The molecule has 0 saturated heterocycles. The van der Waals surface area contributed by atoms with Crippen molar-refractivity contribution < 1.29 is 4.74 Å². The van der Waals surface area contributed by atoms with Gasteiger partial charge < -0.3 is 10.1 Å². The number of hydrogen-bond donors (Lipinski definition) is 1. The number of aromatic nitrogens is 2. The Morgan fingerprint density at radius 1 is 1.21 bits per heavy atom. The summed E-state index contributed by atoms with van der Waals surface area (Å²) in [5, 5.41) is 3.17. The van der Waals surface area contributed by atoms with E-state index in [1.54, 1.807) is 0 Å². The van der Waals surface area contributed by atoms with Gasteiger partial charge in [0.1, 0.15) is 11.9 Å². The van der Waals surface area contributed by atoms with Gasteiger partial charge in [-0.25, -0.2) is 9.97 Å². The van der Waals surface area contributed by atoms with Gasteiger partial charge in [0.15, 0.2) is 5.82 Å². The van der Waals surface area contributed by atoms with Gasteiger partial charge in [0.05, 0.1) is 0 Å². The first-order chi connectivity index (χ1) is 8.85. The highest BCUT2D eigenvalue weighted by Crippen LogP contribution is 2.35. The van der Waals surface area contributed by atoms with E-state index in [2.05, 4.69) is 43.0 Å². The van der Waals surface area contributed by atoms with Crippen molar-refractivity contribution in [3.63, 3.8) is 0 Å². The number of anilines is 1. The van der Waals surface area contributed by atoms with Crippen LogP contribution in [-0.4, -0.2) is 23.6 Å². The van der Waals surface area contributed by atoms with E-state index in [1.165, 1.54) is 5.56 Å². The van der Waals surface area contributed by atoms with Crippen LogP contribution in [0.2, 0.25) is 0 Å². The van der Waals surface area contributed by atoms with Crippen LogP contribution in [0.25, 0.3) is 0 Å². The third kappa shape index (κ3) is 3.66. The Morgan fingerprint density at radius 2 is 1.84 bits per heavy atom. The van der Waals surface area contributed by atoms with Gasteiger partial charge in [0, 0.05) is 24.9 Å². The summed E-state index contributed by atoms with van der Waals surface area (Å²) in [6.45, 7) is 13.3. The molecule has 0 bridgehead atoms. The molecule has 19 heavy (non-hydrogen) atoms. The smallest absolute Gasteiger partial charge is 0.160 e. The van der Waals surface area contributed by atoms with Crippen LogP contribution in [0.15, 0.2) is 0 Å². The van der Waals surface area contributed by atoms with Crippen molar-refractivity contribution >= 4 is 5.82 Å². The van der Waals surface area contributed by atoms with E-state index in [4.69, 9.17) is 4.74 Å². The first-order valence-corrected chi connectivity index (χ1v) is 7.01. The molecule has 4 heteroatoms. The lowest BCUT2D eigenvalue weighted by Gasteiger charge is -2.29. The molecular formula is C15H27N3O. The lowest BCUT2D eigenvalue weighted by Crippen LogP contribution is -2.24. The number of ether oxygens (including phenoxy) is 1. The summed E-state index contributed by atoms with van der Waals surface area (Å²) in [4.78, 5) is 9.32. The summed E-state index contributed by atoms with van der Waals surface area (Å²) in [7, 11) is 1.90. The van der Waals surface area contributed by atoms with Crippen LogP contribution in [0.1, 0.15) is 57.8 Å². The summed E-state index contributed by atoms with van der Waals surface area (Å²) < 4.78 is 5.87. The van der Waals surface area contributed by atoms with Gasteiger partial charge in [0.2, 0.25) is 0 Å². The second-order valence-electron chi connectivity index (χ2n) is 5.80. The average Bonchev–Trinajstić information content (AvgIpc) is 2.33. The third-order valence-corrected chi connectivity index (χ3v) is 3.18. The zero-order valence-corrected chi connectivity index (χ0v) is 13.3. The molecule has 0 aliphatic rings. The Hall–Kier alpha value is -1.16. The summed E-state index contributed by atoms with van der Waals surface area (Å²) in [6, 6.07) is 0. The van der Waals surface area contributed by atoms with Crippen molar-refractivity contribution in [2.24, 2.45) is 5.41 Å². The van der Waals surface area contributed by atoms with Gasteiger partial charge in [-0.3, -0.25) is 0 Å². The standard InChI is InChI=1S/C15H27N3O/c1-8-11-10(3)17-14(18-13(11)16-7)12(19-9-2)15(4,5)6/h12H,8-9H2,1-7H3,(H,16,17,18). The lowest BCUT2D eigenvalue weighted by molar-refractivity contribution is -0.0191. The van der Waals surface area contributed by atoms with E-state index in [0.717, 1.165) is 23.8 Å². The molecule has 1 rings (SSSR count). The number of rotatable bonds is 5. The first-order valence-electron chi connectivity index (χ1n) is 7.01. The molecule has 0 spiro atoms. The van der Waals surface area contributed by atoms with E-state index in [1.807, 2.05) is 20.9 Å². The summed E-state index contributed by atoms with van der Waals surface area (Å²) in [5.41, 5.74) is 2.18. The molecule has 1 aromatic rings. The van der Waals surface area contributed by atoms with Crippen LogP contribution < -0.4 is 5.32 Å². The number of nitrogens with one attached hydrogen (secondary N) is 1. The SMILES string of the molecule is CCOC(c1nc(C)c(CC)c(NC)n1)C(C)(C)C. The van der Waals surface area contributed by atoms with Gasteiger partial charge in [-0.05, 0) is 25.7 Å². The monoisotopic (exact) mass is 265 g/mol. The third-order valence-electron chi connectivity index (χ3n) is 3.18. The molecule has 0 aromatic carbocycles. The van der Waals surface area contributed by atoms with Crippen molar-refractivity contribution in [2.45, 2.75) is 54.1 Å². The van der Waals surface area contributed by atoms with Crippen LogP contribution in [0.4, 0.5) is 5.82 Å². The molecule has 1 aromatic heterocycles. The zero-order chi connectivity index (χ0) is 14.6. The molecule has 0 saturated carbocycles. The molecular weight excluding hydrogens is 238 g/mol. The molecule has 1 N–H and O–H groups in total. The fourth-order valence-electron chi connectivity index (χ4n) is 2.24. The van der Waals surface area contributed by atoms with Crippen molar-refractivity contribution in [1.29, 1.82) is 0 Å². The molecule has 0 aliphatic carbocycles. The Morgan fingerprint density at radius 3 is 2.26 bits per heavy atom. The molecule has 0 radical (unpaired) electrons. The number of hydrogen-bond acceptors (Lipinski definition) is 4. The van der Waals surface area contributed by atoms with Gasteiger partial charge in [0.25, 0.3) is 0 Å². The van der Waals surface area contributed by atoms with Crippen molar-refractivity contribution in [2.75, 3.05) is 19.0 Å². The fraction of sp³-hybridized carbons (Fsp3) is 0.733. The molecule has 1 heterocycles. The normalized spacial score (nSPS) is 13.4. The molecule has 0 amide bonds. The summed E-state index contributed by atoms with van der Waals surface area (Å²) in [6.07, 6.45) is 0.839. The second kappa shape index (κ2) is 6.33. The largest absolute Gasteiger partial charge is 0.373 e. The number of aryl methyl sites for hydroxylation is 1. The minimum atomic E-state index is -0.0887. The fourth-order valence-corrected chi connectivity index (χ4v) is 2.24. The Bertz CT molecular complexity index is 424. The summed E-state index contributed by atoms with van der Waals surface area (Å²) in [5.74, 6) is 1.69. The molecule has 0 fully saturated rings. The summed E-state index contributed by atoms with van der Waals surface area (Å²) >= 11 is 0. The van der Waals surface area contributed by atoms with Crippen molar-refractivity contribution in [3.05, 3.63) is 17.1 Å². The van der Waals surface area contributed by atoms with Crippen LogP contribution in [0.5, 0.6) is 0 Å². The van der Waals surface area contributed by atoms with E-state index >= 15 is 0 Å². The van der Waals surface area contributed by atoms with E-state index in [-0.39, 0.29) is 11.5 Å². The molecule has 1 atom stereocenters. The zero-order valence-electron chi connectivity index (χ0n) is 13.3. The maximum atomic E-state index is 5.87.